The quantitative estimate of drug-likeness (QED) is 0.757. The van der Waals surface area contributed by atoms with Crippen LogP contribution < -0.4 is 5.32 Å². The van der Waals surface area contributed by atoms with E-state index in [1.165, 1.54) is 6.08 Å². The number of carbonyl (C=O) groups excluding carboxylic acids is 1. The highest BCUT2D eigenvalue weighted by Crippen LogP contribution is 2.19. The fourth-order valence-corrected chi connectivity index (χ4v) is 2.56. The molecular weight excluding hydrogens is 276 g/mol. The van der Waals surface area contributed by atoms with Gasteiger partial charge in [0.1, 0.15) is 5.69 Å². The number of carbonyl (C=O) groups is 2. The van der Waals surface area contributed by atoms with Gasteiger partial charge in [0, 0.05) is 16.6 Å². The summed E-state index contributed by atoms with van der Waals surface area (Å²) in [5, 5.41) is 13.5. The number of thiophene rings is 1. The molecule has 0 fully saturated rings. The first kappa shape index (κ1) is 14.1. The largest absolute Gasteiger partial charge is 0.477 e. The van der Waals surface area contributed by atoms with Gasteiger partial charge in [-0.25, -0.2) is 4.79 Å². The van der Waals surface area contributed by atoms with Crippen molar-refractivity contribution in [2.75, 3.05) is 5.32 Å². The van der Waals surface area contributed by atoms with Crippen molar-refractivity contribution in [2.24, 2.45) is 0 Å². The zero-order chi connectivity index (χ0) is 14.7. The van der Waals surface area contributed by atoms with Crippen LogP contribution in [-0.2, 0) is 4.79 Å². The number of anilines is 1. The molecule has 0 saturated carbocycles. The van der Waals surface area contributed by atoms with Crippen molar-refractivity contribution in [1.29, 1.82) is 0 Å². The van der Waals surface area contributed by atoms with Crippen molar-refractivity contribution < 1.29 is 14.7 Å². The van der Waals surface area contributed by atoms with Crippen LogP contribution in [0.5, 0.6) is 0 Å². The third kappa shape index (κ3) is 3.16. The number of aromatic amines is 1. The molecule has 0 aromatic carbocycles. The van der Waals surface area contributed by atoms with E-state index in [0.29, 0.717) is 5.69 Å². The van der Waals surface area contributed by atoms with Crippen LogP contribution in [0, 0.1) is 13.8 Å². The van der Waals surface area contributed by atoms with Crippen molar-refractivity contribution >= 4 is 35.0 Å². The lowest BCUT2D eigenvalue weighted by Crippen LogP contribution is -2.10. The summed E-state index contributed by atoms with van der Waals surface area (Å²) in [5.41, 5.74) is 2.03. The van der Waals surface area contributed by atoms with E-state index in [9.17, 15) is 9.59 Å². The summed E-state index contributed by atoms with van der Waals surface area (Å²) >= 11 is 1.54. The predicted molar refractivity (Wildman–Crippen MR) is 79.2 cm³/mol. The molecule has 0 radical (unpaired) electrons. The summed E-state index contributed by atoms with van der Waals surface area (Å²) in [4.78, 5) is 26.5. The van der Waals surface area contributed by atoms with Gasteiger partial charge in [-0.1, -0.05) is 0 Å². The summed E-state index contributed by atoms with van der Waals surface area (Å²) in [6.07, 6.45) is 3.11. The van der Waals surface area contributed by atoms with E-state index in [0.717, 1.165) is 10.4 Å². The number of hydrogen-bond donors (Lipinski definition) is 3. The standard InChI is InChI=1S/C14H14N2O3S/c1-8-5-6-20-11(8)3-4-12(17)16-10-7-9(2)15-13(10)14(18)19/h3-7,15H,1-2H3,(H,16,17)(H,18,19)/b4-3+. The maximum absolute atomic E-state index is 11.8. The molecular formula is C14H14N2O3S. The Labute approximate surface area is 120 Å². The van der Waals surface area contributed by atoms with Crippen LogP contribution in [0.3, 0.4) is 0 Å². The minimum Gasteiger partial charge on any atom is -0.477 e. The van der Waals surface area contributed by atoms with Gasteiger partial charge in [0.2, 0.25) is 5.91 Å². The highest BCUT2D eigenvalue weighted by molar-refractivity contribution is 7.11. The van der Waals surface area contributed by atoms with Crippen LogP contribution in [0.25, 0.3) is 6.08 Å². The summed E-state index contributed by atoms with van der Waals surface area (Å²) in [6, 6.07) is 3.56. The number of aryl methyl sites for hydroxylation is 2. The summed E-state index contributed by atoms with van der Waals surface area (Å²) in [6.45, 7) is 3.69. The van der Waals surface area contributed by atoms with Gasteiger partial charge in [-0.3, -0.25) is 4.79 Å². The van der Waals surface area contributed by atoms with Crippen LogP contribution in [0.2, 0.25) is 0 Å². The van der Waals surface area contributed by atoms with E-state index in [2.05, 4.69) is 10.3 Å². The van der Waals surface area contributed by atoms with Crippen molar-refractivity contribution in [1.82, 2.24) is 4.98 Å². The molecule has 0 spiro atoms. The molecule has 2 rings (SSSR count). The molecule has 0 saturated heterocycles. The Morgan fingerprint density at radius 1 is 1.40 bits per heavy atom. The second-order valence-electron chi connectivity index (χ2n) is 4.34. The van der Waals surface area contributed by atoms with E-state index in [-0.39, 0.29) is 17.3 Å². The number of amides is 1. The molecule has 104 valence electrons. The van der Waals surface area contributed by atoms with Crippen LogP contribution in [0.1, 0.15) is 26.6 Å². The Morgan fingerprint density at radius 3 is 2.75 bits per heavy atom. The number of aromatic carboxylic acids is 1. The third-order valence-corrected chi connectivity index (χ3v) is 3.70. The topological polar surface area (TPSA) is 82.2 Å². The summed E-state index contributed by atoms with van der Waals surface area (Å²) in [7, 11) is 0. The molecule has 0 aliphatic heterocycles. The average molecular weight is 290 g/mol. The van der Waals surface area contributed by atoms with Gasteiger partial charge < -0.3 is 15.4 Å². The average Bonchev–Trinajstić information content (AvgIpc) is 2.93. The molecule has 1 amide bonds. The number of aromatic nitrogens is 1. The Kier molecular flexibility index (Phi) is 4.05. The lowest BCUT2D eigenvalue weighted by Gasteiger charge is -2.00. The lowest BCUT2D eigenvalue weighted by molar-refractivity contribution is -0.111. The highest BCUT2D eigenvalue weighted by Gasteiger charge is 2.14. The number of H-pyrrole nitrogens is 1. The number of rotatable bonds is 4. The Bertz CT molecular complexity index is 682. The van der Waals surface area contributed by atoms with Gasteiger partial charge in [-0.05, 0) is 43.0 Å². The first-order valence-corrected chi connectivity index (χ1v) is 6.81. The highest BCUT2D eigenvalue weighted by atomic mass is 32.1. The number of nitrogens with one attached hydrogen (secondary N) is 2. The Balaban J connectivity index is 2.11. The molecule has 0 atom stereocenters. The molecule has 0 aliphatic carbocycles. The van der Waals surface area contributed by atoms with Gasteiger partial charge in [0.25, 0.3) is 0 Å². The van der Waals surface area contributed by atoms with Crippen LogP contribution in [0.15, 0.2) is 23.6 Å². The molecule has 3 N–H and O–H groups in total. The van der Waals surface area contributed by atoms with E-state index < -0.39 is 5.97 Å². The molecule has 2 aromatic rings. The van der Waals surface area contributed by atoms with Gasteiger partial charge in [-0.15, -0.1) is 11.3 Å². The molecule has 6 heteroatoms. The minimum atomic E-state index is -1.11. The number of hydrogen-bond acceptors (Lipinski definition) is 3. The first-order valence-electron chi connectivity index (χ1n) is 5.93. The SMILES string of the molecule is Cc1cc(NC(=O)/C=C/c2sccc2C)c(C(=O)O)[nH]1. The smallest absolute Gasteiger partial charge is 0.354 e. The van der Waals surface area contributed by atoms with Gasteiger partial charge in [0.15, 0.2) is 0 Å². The monoisotopic (exact) mass is 290 g/mol. The van der Waals surface area contributed by atoms with Crippen LogP contribution in [-0.4, -0.2) is 22.0 Å². The van der Waals surface area contributed by atoms with Crippen molar-refractivity contribution in [2.45, 2.75) is 13.8 Å². The molecule has 2 aromatic heterocycles. The van der Waals surface area contributed by atoms with Crippen LogP contribution >= 0.6 is 11.3 Å². The first-order chi connectivity index (χ1) is 9.47. The molecule has 20 heavy (non-hydrogen) atoms. The van der Waals surface area contributed by atoms with E-state index in [1.807, 2.05) is 18.4 Å². The third-order valence-electron chi connectivity index (χ3n) is 2.71. The van der Waals surface area contributed by atoms with Crippen molar-refractivity contribution in [3.8, 4) is 0 Å². The van der Waals surface area contributed by atoms with Gasteiger partial charge in [0.05, 0.1) is 5.69 Å². The van der Waals surface area contributed by atoms with Crippen molar-refractivity contribution in [3.05, 3.63) is 45.4 Å². The molecule has 0 aliphatic rings. The molecule has 0 unspecified atom stereocenters. The fourth-order valence-electron chi connectivity index (χ4n) is 1.74. The number of carboxylic acids is 1. The van der Waals surface area contributed by atoms with E-state index >= 15 is 0 Å². The fraction of sp³-hybridized carbons (Fsp3) is 0.143. The zero-order valence-corrected chi connectivity index (χ0v) is 11.9. The minimum absolute atomic E-state index is 0.0171. The van der Waals surface area contributed by atoms with E-state index in [4.69, 9.17) is 5.11 Å². The van der Waals surface area contributed by atoms with Gasteiger partial charge >= 0.3 is 5.97 Å². The Hall–Kier alpha value is -2.34. The second kappa shape index (κ2) is 5.75. The van der Waals surface area contributed by atoms with Crippen LogP contribution in [0.4, 0.5) is 5.69 Å². The Morgan fingerprint density at radius 2 is 2.15 bits per heavy atom. The summed E-state index contributed by atoms with van der Waals surface area (Å²) in [5.74, 6) is -1.47. The maximum atomic E-state index is 11.8. The lowest BCUT2D eigenvalue weighted by atomic mass is 10.2. The number of carboxylic acid groups (broad SMARTS) is 1. The molecule has 0 bridgehead atoms. The summed E-state index contributed by atoms with van der Waals surface area (Å²) < 4.78 is 0. The molecule has 5 nitrogen and oxygen atoms in total. The zero-order valence-electron chi connectivity index (χ0n) is 11.1. The molecule has 2 heterocycles. The predicted octanol–water partition coefficient (Wildman–Crippen LogP) is 3.04. The normalized spacial score (nSPS) is 10.9. The second-order valence-corrected chi connectivity index (χ2v) is 5.28. The maximum Gasteiger partial charge on any atom is 0.354 e. The van der Waals surface area contributed by atoms with E-state index in [1.54, 1.807) is 30.4 Å². The van der Waals surface area contributed by atoms with Crippen molar-refractivity contribution in [3.63, 3.8) is 0 Å². The van der Waals surface area contributed by atoms with Gasteiger partial charge in [-0.2, -0.15) is 0 Å².